The second-order valence-corrected chi connectivity index (χ2v) is 12.5. The van der Waals surface area contributed by atoms with Crippen LogP contribution in [0.1, 0.15) is 45.6 Å². The first-order valence-corrected chi connectivity index (χ1v) is 18.1. The monoisotopic (exact) mass is 754 g/mol. The molecule has 302 valence electrons. The van der Waals surface area contributed by atoms with E-state index in [1.54, 1.807) is 40.0 Å². The summed E-state index contributed by atoms with van der Waals surface area (Å²) in [5.74, 6) is 2.68. The van der Waals surface area contributed by atoms with Crippen molar-refractivity contribution >= 4 is 17.8 Å². The van der Waals surface area contributed by atoms with Gasteiger partial charge in [0, 0.05) is 33.1 Å². The molecule has 0 radical (unpaired) electrons. The van der Waals surface area contributed by atoms with E-state index in [2.05, 4.69) is 16.6 Å². The van der Waals surface area contributed by atoms with E-state index < -0.39 is 17.7 Å². The van der Waals surface area contributed by atoms with Gasteiger partial charge in [0.15, 0.2) is 5.78 Å². The highest BCUT2D eigenvalue weighted by Gasteiger charge is 2.21. The van der Waals surface area contributed by atoms with Crippen molar-refractivity contribution < 1.29 is 61.8 Å². The molecule has 2 amide bonds. The molecule has 1 aromatic carbocycles. The second kappa shape index (κ2) is 32.1. The van der Waals surface area contributed by atoms with E-state index in [-0.39, 0.29) is 37.7 Å². The SMILES string of the molecule is C#CCOc1ccc(C[C@H](NC(=O)CCOCCOCCOCCOCCNC(=O)OC(C)(C)C)C(=O)CCCOCCOCCOCCOC)cc1. The number of ether oxygens (including phenoxy) is 10. The number of nitrogens with one attached hydrogen (secondary N) is 2. The summed E-state index contributed by atoms with van der Waals surface area (Å²) in [5.41, 5.74) is 0.329. The molecule has 0 aliphatic carbocycles. The van der Waals surface area contributed by atoms with Crippen LogP contribution in [-0.2, 0) is 58.6 Å². The van der Waals surface area contributed by atoms with E-state index in [1.807, 2.05) is 12.1 Å². The molecule has 0 spiro atoms. The van der Waals surface area contributed by atoms with Gasteiger partial charge in [0.05, 0.1) is 98.5 Å². The van der Waals surface area contributed by atoms with Gasteiger partial charge in [-0.05, 0) is 51.3 Å². The number of amides is 2. The third-order valence-electron chi connectivity index (χ3n) is 6.80. The Bertz CT molecular complexity index is 1120. The number of terminal acetylenes is 1. The lowest BCUT2D eigenvalue weighted by atomic mass is 9.99. The average Bonchev–Trinajstić information content (AvgIpc) is 3.12. The highest BCUT2D eigenvalue weighted by atomic mass is 16.6. The summed E-state index contributed by atoms with van der Waals surface area (Å²) in [7, 11) is 1.62. The lowest BCUT2D eigenvalue weighted by Gasteiger charge is -2.19. The Balaban J connectivity index is 2.25. The second-order valence-electron chi connectivity index (χ2n) is 12.5. The normalized spacial score (nSPS) is 11.8. The van der Waals surface area contributed by atoms with Gasteiger partial charge < -0.3 is 58.0 Å². The van der Waals surface area contributed by atoms with E-state index in [1.165, 1.54) is 0 Å². The third-order valence-corrected chi connectivity index (χ3v) is 6.80. The molecule has 0 aliphatic heterocycles. The summed E-state index contributed by atoms with van der Waals surface area (Å²) >= 11 is 0. The van der Waals surface area contributed by atoms with Crippen molar-refractivity contribution in [2.75, 3.05) is 119 Å². The first-order valence-electron chi connectivity index (χ1n) is 18.1. The molecule has 0 saturated heterocycles. The summed E-state index contributed by atoms with van der Waals surface area (Å²) in [5, 5.41) is 5.50. The quantitative estimate of drug-likeness (QED) is 0.0780. The number of carbonyl (C=O) groups excluding carboxylic acids is 3. The van der Waals surface area contributed by atoms with Gasteiger partial charge >= 0.3 is 6.09 Å². The number of hydrogen-bond donors (Lipinski definition) is 2. The maximum atomic E-state index is 13.2. The van der Waals surface area contributed by atoms with Gasteiger partial charge in [-0.1, -0.05) is 18.1 Å². The third kappa shape index (κ3) is 29.8. The van der Waals surface area contributed by atoms with Crippen LogP contribution in [0.4, 0.5) is 4.79 Å². The molecule has 53 heavy (non-hydrogen) atoms. The molecular weight excluding hydrogens is 692 g/mol. The van der Waals surface area contributed by atoms with Gasteiger partial charge in [0.2, 0.25) is 5.91 Å². The van der Waals surface area contributed by atoms with Crippen molar-refractivity contribution in [3.63, 3.8) is 0 Å². The molecule has 0 bridgehead atoms. The molecule has 0 heterocycles. The summed E-state index contributed by atoms with van der Waals surface area (Å²) in [6.07, 6.45) is 5.98. The Kier molecular flexibility index (Phi) is 28.9. The van der Waals surface area contributed by atoms with Crippen LogP contribution in [0, 0.1) is 12.3 Å². The summed E-state index contributed by atoms with van der Waals surface area (Å²) in [4.78, 5) is 37.5. The molecule has 0 fully saturated rings. The van der Waals surface area contributed by atoms with E-state index in [4.69, 9.17) is 53.8 Å². The van der Waals surface area contributed by atoms with Crippen LogP contribution in [-0.4, -0.2) is 149 Å². The minimum Gasteiger partial charge on any atom is -0.481 e. The van der Waals surface area contributed by atoms with Crippen molar-refractivity contribution in [2.24, 2.45) is 0 Å². The van der Waals surface area contributed by atoms with Crippen LogP contribution in [0.5, 0.6) is 5.75 Å². The molecular formula is C38H62N2O13. The van der Waals surface area contributed by atoms with E-state index in [0.29, 0.717) is 118 Å². The topological polar surface area (TPSA) is 168 Å². The first kappa shape index (κ1) is 47.7. The van der Waals surface area contributed by atoms with Gasteiger partial charge in [0.25, 0.3) is 0 Å². The number of Topliss-reactive ketones (excluding diaryl/α,β-unsaturated/α-hetero) is 1. The van der Waals surface area contributed by atoms with Crippen molar-refractivity contribution in [3.8, 4) is 18.1 Å². The maximum Gasteiger partial charge on any atom is 0.407 e. The van der Waals surface area contributed by atoms with Gasteiger partial charge in [-0.15, -0.1) is 6.42 Å². The van der Waals surface area contributed by atoms with E-state index >= 15 is 0 Å². The molecule has 1 aromatic rings. The van der Waals surface area contributed by atoms with Crippen LogP contribution in [0.25, 0.3) is 0 Å². The maximum absolute atomic E-state index is 13.2. The van der Waals surface area contributed by atoms with Crippen LogP contribution in [0.3, 0.4) is 0 Å². The minimum atomic E-state index is -0.705. The predicted molar refractivity (Wildman–Crippen MR) is 197 cm³/mol. The Morgan fingerprint density at radius 1 is 0.698 bits per heavy atom. The Labute approximate surface area is 315 Å². The lowest BCUT2D eigenvalue weighted by Crippen LogP contribution is -2.42. The van der Waals surface area contributed by atoms with Gasteiger partial charge in [0.1, 0.15) is 18.0 Å². The van der Waals surface area contributed by atoms with Crippen LogP contribution >= 0.6 is 0 Å². The molecule has 1 atom stereocenters. The number of rotatable bonds is 34. The Morgan fingerprint density at radius 3 is 1.74 bits per heavy atom. The predicted octanol–water partition coefficient (Wildman–Crippen LogP) is 2.75. The molecule has 0 aliphatic rings. The lowest BCUT2D eigenvalue weighted by molar-refractivity contribution is -0.128. The van der Waals surface area contributed by atoms with Crippen molar-refractivity contribution in [2.45, 2.75) is 58.1 Å². The fourth-order valence-electron chi connectivity index (χ4n) is 4.27. The fraction of sp³-hybridized carbons (Fsp3) is 0.711. The standard InChI is InChI=1S/C38H62N2O13/c1-6-15-52-33-11-9-32(10-12-33)31-34(35(41)8-7-16-45-21-24-49-28-27-48-20-19-44-5)40-36(42)13-17-46-22-25-50-29-30-51-26-23-47-18-14-39-37(43)53-38(2,3)4/h1,9-12,34H,7-8,13-31H2,2-5H3,(H,39,43)(H,40,42)/t34-/m0/s1. The van der Waals surface area contributed by atoms with Gasteiger partial charge in [-0.2, -0.15) is 0 Å². The summed E-state index contributed by atoms with van der Waals surface area (Å²) in [6, 6.07) is 6.56. The number of hydrogen-bond acceptors (Lipinski definition) is 13. The van der Waals surface area contributed by atoms with Crippen molar-refractivity contribution in [1.29, 1.82) is 0 Å². The van der Waals surface area contributed by atoms with E-state index in [9.17, 15) is 14.4 Å². The fourth-order valence-corrected chi connectivity index (χ4v) is 4.27. The number of ketones is 1. The number of alkyl carbamates (subject to hydrolysis) is 1. The number of carbonyl (C=O) groups is 3. The number of methoxy groups -OCH3 is 1. The molecule has 0 aromatic heterocycles. The molecule has 15 nitrogen and oxygen atoms in total. The van der Waals surface area contributed by atoms with Crippen LogP contribution in [0.2, 0.25) is 0 Å². The van der Waals surface area contributed by atoms with Crippen LogP contribution in [0.15, 0.2) is 24.3 Å². The Morgan fingerprint density at radius 2 is 1.21 bits per heavy atom. The molecule has 2 N–H and O–H groups in total. The smallest absolute Gasteiger partial charge is 0.407 e. The highest BCUT2D eigenvalue weighted by molar-refractivity contribution is 5.89. The summed E-state index contributed by atoms with van der Waals surface area (Å²) in [6.45, 7) is 11.9. The summed E-state index contributed by atoms with van der Waals surface area (Å²) < 4.78 is 53.8. The molecule has 0 saturated carbocycles. The van der Waals surface area contributed by atoms with Crippen molar-refractivity contribution in [3.05, 3.63) is 29.8 Å². The zero-order valence-electron chi connectivity index (χ0n) is 32.1. The molecule has 1 rings (SSSR count). The average molecular weight is 755 g/mol. The highest BCUT2D eigenvalue weighted by Crippen LogP contribution is 2.15. The van der Waals surface area contributed by atoms with Gasteiger partial charge in [-0.3, -0.25) is 9.59 Å². The minimum absolute atomic E-state index is 0.0858. The first-order chi connectivity index (χ1) is 25.6. The van der Waals surface area contributed by atoms with Gasteiger partial charge in [-0.25, -0.2) is 4.79 Å². The number of benzene rings is 1. The molecule has 15 heteroatoms. The largest absolute Gasteiger partial charge is 0.481 e. The zero-order chi connectivity index (χ0) is 38.8. The Hall–Kier alpha value is -3.33. The van der Waals surface area contributed by atoms with Crippen molar-refractivity contribution in [1.82, 2.24) is 10.6 Å². The zero-order valence-corrected chi connectivity index (χ0v) is 32.1. The molecule has 0 unspecified atom stereocenters. The van der Waals surface area contributed by atoms with E-state index in [0.717, 1.165) is 5.56 Å². The van der Waals surface area contributed by atoms with Crippen LogP contribution < -0.4 is 15.4 Å².